The number of ether oxygens (including phenoxy) is 2. The van der Waals surface area contributed by atoms with Crippen molar-refractivity contribution in [2.24, 2.45) is 0 Å². The van der Waals surface area contributed by atoms with Crippen LogP contribution in [0.3, 0.4) is 0 Å². The molecule has 0 radical (unpaired) electrons. The molecule has 0 bridgehead atoms. The van der Waals surface area contributed by atoms with E-state index in [9.17, 15) is 9.90 Å². The fraction of sp³-hybridized carbons (Fsp3) is 0.250. The number of fused-ring (bicyclic) bond motifs is 1. The second kappa shape index (κ2) is 6.89. The van der Waals surface area contributed by atoms with Gasteiger partial charge in [0.1, 0.15) is 11.5 Å². The minimum Gasteiger partial charge on any atom is -0.508 e. The average molecular weight is 339 g/mol. The second-order valence-electron chi connectivity index (χ2n) is 6.00. The molecule has 1 heterocycles. The van der Waals surface area contributed by atoms with Gasteiger partial charge < -0.3 is 19.1 Å². The number of phenolic OH excluding ortho intramolecular Hbond substituents is 1. The fourth-order valence-corrected chi connectivity index (χ4v) is 2.76. The van der Waals surface area contributed by atoms with Crippen LogP contribution in [0.1, 0.15) is 31.1 Å². The molecule has 0 atom stereocenters. The highest BCUT2D eigenvalue weighted by atomic mass is 16.5. The summed E-state index contributed by atoms with van der Waals surface area (Å²) in [5.41, 5.74) is 2.14. The second-order valence-corrected chi connectivity index (χ2v) is 6.00. The molecule has 0 aliphatic rings. The van der Waals surface area contributed by atoms with E-state index in [2.05, 4.69) is 0 Å². The Morgan fingerprint density at radius 1 is 1.16 bits per heavy atom. The first-order valence-electron chi connectivity index (χ1n) is 8.28. The third kappa shape index (κ3) is 3.45. The van der Waals surface area contributed by atoms with E-state index >= 15 is 0 Å². The maximum Gasteiger partial charge on any atom is 0.340 e. The molecule has 5 heteroatoms. The normalized spacial score (nSPS) is 11.0. The maximum absolute atomic E-state index is 12.3. The van der Waals surface area contributed by atoms with Crippen molar-refractivity contribution >= 4 is 16.9 Å². The van der Waals surface area contributed by atoms with Gasteiger partial charge >= 0.3 is 5.97 Å². The standard InChI is InChI=1S/C20H21NO4/c1-4-24-20(23)18-12-21(19-10-7-15(22)11-17(18)19)14-5-8-16(9-6-14)25-13(2)3/h5-13,22H,4H2,1-3H3. The number of nitrogens with zero attached hydrogens (tertiary/aromatic N) is 1. The summed E-state index contributed by atoms with van der Waals surface area (Å²) in [6.07, 6.45) is 1.84. The van der Waals surface area contributed by atoms with Gasteiger partial charge in [0.2, 0.25) is 0 Å². The molecule has 0 amide bonds. The van der Waals surface area contributed by atoms with Crippen molar-refractivity contribution in [2.45, 2.75) is 26.9 Å². The molecule has 1 aromatic heterocycles. The van der Waals surface area contributed by atoms with E-state index in [4.69, 9.17) is 9.47 Å². The van der Waals surface area contributed by atoms with E-state index in [1.54, 1.807) is 31.3 Å². The van der Waals surface area contributed by atoms with Crippen LogP contribution in [0.2, 0.25) is 0 Å². The molecule has 1 N–H and O–H groups in total. The van der Waals surface area contributed by atoms with Crippen LogP contribution in [0.4, 0.5) is 0 Å². The lowest BCUT2D eigenvalue weighted by Gasteiger charge is -2.11. The van der Waals surface area contributed by atoms with E-state index in [0.717, 1.165) is 17.0 Å². The van der Waals surface area contributed by atoms with Crippen molar-refractivity contribution in [3.05, 3.63) is 54.2 Å². The van der Waals surface area contributed by atoms with Gasteiger partial charge in [0, 0.05) is 17.3 Å². The summed E-state index contributed by atoms with van der Waals surface area (Å²) in [5, 5.41) is 10.4. The predicted octanol–water partition coefficient (Wildman–Crippen LogP) is 4.30. The molecule has 0 aliphatic carbocycles. The number of carbonyl (C=O) groups excluding carboxylic acids is 1. The predicted molar refractivity (Wildman–Crippen MR) is 96.7 cm³/mol. The minimum absolute atomic E-state index is 0.108. The van der Waals surface area contributed by atoms with Gasteiger partial charge in [-0.05, 0) is 63.2 Å². The Hall–Kier alpha value is -2.95. The number of hydrogen-bond donors (Lipinski definition) is 1. The lowest BCUT2D eigenvalue weighted by molar-refractivity contribution is 0.0528. The average Bonchev–Trinajstić information content (AvgIpc) is 2.94. The number of carbonyl (C=O) groups is 1. The topological polar surface area (TPSA) is 60.7 Å². The number of aromatic nitrogens is 1. The van der Waals surface area contributed by atoms with Crippen LogP contribution in [0.5, 0.6) is 11.5 Å². The zero-order valence-electron chi connectivity index (χ0n) is 14.5. The lowest BCUT2D eigenvalue weighted by Crippen LogP contribution is -2.05. The van der Waals surface area contributed by atoms with Crippen molar-refractivity contribution in [3.63, 3.8) is 0 Å². The third-order valence-corrected chi connectivity index (χ3v) is 3.77. The first-order valence-corrected chi connectivity index (χ1v) is 8.28. The largest absolute Gasteiger partial charge is 0.508 e. The summed E-state index contributed by atoms with van der Waals surface area (Å²) in [4.78, 5) is 12.3. The first-order chi connectivity index (χ1) is 12.0. The van der Waals surface area contributed by atoms with Crippen molar-refractivity contribution in [2.75, 3.05) is 6.61 Å². The summed E-state index contributed by atoms with van der Waals surface area (Å²) in [6, 6.07) is 12.6. The van der Waals surface area contributed by atoms with Crippen molar-refractivity contribution in [1.29, 1.82) is 0 Å². The number of esters is 1. The van der Waals surface area contributed by atoms with Crippen LogP contribution in [-0.4, -0.2) is 28.4 Å². The summed E-state index contributed by atoms with van der Waals surface area (Å²) >= 11 is 0. The highest BCUT2D eigenvalue weighted by Gasteiger charge is 2.17. The Morgan fingerprint density at radius 2 is 1.88 bits per heavy atom. The quantitative estimate of drug-likeness (QED) is 0.704. The minimum atomic E-state index is -0.406. The molecule has 0 aliphatic heterocycles. The summed E-state index contributed by atoms with van der Waals surface area (Å²) in [7, 11) is 0. The molecule has 0 fully saturated rings. The van der Waals surface area contributed by atoms with Crippen LogP contribution in [0.15, 0.2) is 48.7 Å². The Kier molecular flexibility index (Phi) is 4.65. The molecule has 130 valence electrons. The molecule has 3 aromatic rings. The van der Waals surface area contributed by atoms with Gasteiger partial charge in [-0.15, -0.1) is 0 Å². The van der Waals surface area contributed by atoms with Crippen molar-refractivity contribution < 1.29 is 19.4 Å². The van der Waals surface area contributed by atoms with Crippen LogP contribution in [0, 0.1) is 0 Å². The lowest BCUT2D eigenvalue weighted by atomic mass is 10.1. The Morgan fingerprint density at radius 3 is 2.52 bits per heavy atom. The van der Waals surface area contributed by atoms with Gasteiger partial charge in [0.25, 0.3) is 0 Å². The first kappa shape index (κ1) is 16.9. The van der Waals surface area contributed by atoms with Crippen molar-refractivity contribution in [1.82, 2.24) is 4.57 Å². The molecule has 5 nitrogen and oxygen atoms in total. The molecular weight excluding hydrogens is 318 g/mol. The van der Waals surface area contributed by atoms with Gasteiger partial charge in [-0.2, -0.15) is 0 Å². The summed E-state index contributed by atoms with van der Waals surface area (Å²) in [5.74, 6) is 0.492. The van der Waals surface area contributed by atoms with E-state index in [1.807, 2.05) is 42.7 Å². The van der Waals surface area contributed by atoms with Crippen LogP contribution < -0.4 is 4.74 Å². The number of phenols is 1. The van der Waals surface area contributed by atoms with E-state index < -0.39 is 5.97 Å². The van der Waals surface area contributed by atoms with E-state index in [1.165, 1.54) is 0 Å². The molecular formula is C20H21NO4. The van der Waals surface area contributed by atoms with Crippen LogP contribution in [-0.2, 0) is 4.74 Å². The molecule has 25 heavy (non-hydrogen) atoms. The van der Waals surface area contributed by atoms with Gasteiger partial charge in [-0.3, -0.25) is 0 Å². The van der Waals surface area contributed by atoms with Gasteiger partial charge in [0.15, 0.2) is 0 Å². The number of hydrogen-bond acceptors (Lipinski definition) is 4. The zero-order chi connectivity index (χ0) is 18.0. The molecule has 0 unspecified atom stereocenters. The number of rotatable bonds is 5. The van der Waals surface area contributed by atoms with Crippen LogP contribution in [0.25, 0.3) is 16.6 Å². The molecule has 3 rings (SSSR count). The molecule has 0 spiro atoms. The maximum atomic E-state index is 12.3. The highest BCUT2D eigenvalue weighted by molar-refractivity contribution is 6.05. The SMILES string of the molecule is CCOC(=O)c1cn(-c2ccc(OC(C)C)cc2)c2ccc(O)cc12. The van der Waals surface area contributed by atoms with E-state index in [-0.39, 0.29) is 11.9 Å². The van der Waals surface area contributed by atoms with Gasteiger partial charge in [0.05, 0.1) is 23.8 Å². The summed E-state index contributed by atoms with van der Waals surface area (Å²) < 4.78 is 12.7. The number of benzene rings is 2. The number of aromatic hydroxyl groups is 1. The Labute approximate surface area is 146 Å². The smallest absolute Gasteiger partial charge is 0.340 e. The third-order valence-electron chi connectivity index (χ3n) is 3.77. The van der Waals surface area contributed by atoms with Crippen LogP contribution >= 0.6 is 0 Å². The summed E-state index contributed by atoms with van der Waals surface area (Å²) in [6.45, 7) is 6.02. The van der Waals surface area contributed by atoms with Crippen molar-refractivity contribution in [3.8, 4) is 17.2 Å². The Balaban J connectivity index is 2.08. The molecule has 0 saturated heterocycles. The van der Waals surface area contributed by atoms with Gasteiger partial charge in [-0.25, -0.2) is 4.79 Å². The molecule has 2 aromatic carbocycles. The molecule has 0 saturated carbocycles. The zero-order valence-corrected chi connectivity index (χ0v) is 14.5. The Bertz CT molecular complexity index is 894. The highest BCUT2D eigenvalue weighted by Crippen LogP contribution is 2.29. The van der Waals surface area contributed by atoms with Gasteiger partial charge in [-0.1, -0.05) is 0 Å². The monoisotopic (exact) mass is 339 g/mol. The van der Waals surface area contributed by atoms with E-state index in [0.29, 0.717) is 17.6 Å². The fourth-order valence-electron chi connectivity index (χ4n) is 2.76.